The molecule has 6 N–H and O–H groups in total. The van der Waals surface area contributed by atoms with Crippen molar-refractivity contribution in [3.63, 3.8) is 0 Å². The van der Waals surface area contributed by atoms with E-state index in [4.69, 9.17) is 34.4 Å². The third kappa shape index (κ3) is 26.0. The van der Waals surface area contributed by atoms with Gasteiger partial charge in [-0.05, 0) is 0 Å². The molecule has 8 nitrogen and oxygen atoms in total. The van der Waals surface area contributed by atoms with Crippen LogP contribution in [-0.2, 0) is 9.13 Å². The predicted molar refractivity (Wildman–Crippen MR) is 44.0 cm³/mol. The molecule has 0 fully saturated rings. The van der Waals surface area contributed by atoms with Gasteiger partial charge in [0.1, 0.15) is 0 Å². The molecule has 0 aromatic carbocycles. The largest absolute Gasteiger partial charge is 1.00 e. The van der Waals surface area contributed by atoms with Crippen LogP contribution in [0.4, 0.5) is 0 Å². The zero-order valence-corrected chi connectivity index (χ0v) is 14.2. The molecule has 12 heteroatoms. The Balaban J connectivity index is -0.0000000338. The summed E-state index contributed by atoms with van der Waals surface area (Å²) in [4.78, 5) is 30.6. The Labute approximate surface area is 134 Å². The maximum atomic E-state index is 10.1. The monoisotopic (exact) mass is 285 g/mol. The molecule has 0 spiro atoms. The van der Waals surface area contributed by atoms with Gasteiger partial charge in [-0.1, -0.05) is 0 Å². The van der Waals surface area contributed by atoms with Crippen molar-refractivity contribution in [3.05, 3.63) is 0 Å². The van der Waals surface area contributed by atoms with Crippen LogP contribution in [0.2, 0.25) is 0 Å². The van der Waals surface area contributed by atoms with Crippen molar-refractivity contribution in [1.82, 2.24) is 0 Å². The molecule has 0 heterocycles. The van der Waals surface area contributed by atoms with Gasteiger partial charge in [0.25, 0.3) is 0 Å². The normalized spacial score (nSPS) is 11.1. The zero-order chi connectivity index (χ0) is 11.1. The minimum atomic E-state index is -4.38. The second-order valence-corrected chi connectivity index (χ2v) is 4.11. The van der Waals surface area contributed by atoms with E-state index in [0.717, 1.165) is 0 Å². The predicted octanol–water partition coefficient (Wildman–Crippen LogP) is -7.27. The van der Waals surface area contributed by atoms with E-state index in [9.17, 15) is 4.57 Å². The Bertz CT molecular complexity index is 199. The summed E-state index contributed by atoms with van der Waals surface area (Å²) in [5.41, 5.74) is 0. The SMILES string of the molecule is O=P(O)(O)C(O)CCO.O=[P+](O)O.[H-].[H-].[Na+].[Na+]. The van der Waals surface area contributed by atoms with Crippen molar-refractivity contribution in [1.29, 1.82) is 0 Å². The summed E-state index contributed by atoms with van der Waals surface area (Å²) < 4.78 is 18.8. The molecule has 0 bridgehead atoms. The van der Waals surface area contributed by atoms with Gasteiger partial charge in [-0.15, -0.1) is 9.79 Å². The Morgan fingerprint density at radius 3 is 1.60 bits per heavy atom. The van der Waals surface area contributed by atoms with E-state index in [2.05, 4.69) is 0 Å². The third-order valence-electron chi connectivity index (χ3n) is 0.776. The summed E-state index contributed by atoms with van der Waals surface area (Å²) in [6.07, 6.45) is -0.287. The minimum absolute atomic E-state index is 0. The average Bonchev–Trinajstić information content (AvgIpc) is 1.84. The first kappa shape index (κ1) is 25.8. The molecular weight excluding hydrogens is 272 g/mol. The fraction of sp³-hybridized carbons (Fsp3) is 1.00. The van der Waals surface area contributed by atoms with Gasteiger partial charge in [-0.2, -0.15) is 0 Å². The van der Waals surface area contributed by atoms with E-state index < -0.39 is 28.3 Å². The Morgan fingerprint density at radius 2 is 1.53 bits per heavy atom. The van der Waals surface area contributed by atoms with Crippen LogP contribution in [0.25, 0.3) is 0 Å². The van der Waals surface area contributed by atoms with Gasteiger partial charge in [0, 0.05) is 17.6 Å². The maximum Gasteiger partial charge on any atom is 1.00 e. The molecule has 0 aliphatic rings. The van der Waals surface area contributed by atoms with Crippen LogP contribution in [0.1, 0.15) is 9.27 Å². The van der Waals surface area contributed by atoms with Gasteiger partial charge < -0.3 is 22.9 Å². The van der Waals surface area contributed by atoms with Crippen LogP contribution in [0, 0.1) is 0 Å². The third-order valence-corrected chi connectivity index (χ3v) is 1.81. The summed E-state index contributed by atoms with van der Waals surface area (Å²) >= 11 is 0. The first-order valence-electron chi connectivity index (χ1n) is 2.91. The second kappa shape index (κ2) is 14.2. The zero-order valence-electron chi connectivity index (χ0n) is 10.4. The van der Waals surface area contributed by atoms with Crippen LogP contribution in [-0.4, -0.2) is 42.2 Å². The van der Waals surface area contributed by atoms with Crippen molar-refractivity contribution >= 4 is 15.9 Å². The molecule has 0 aromatic rings. The van der Waals surface area contributed by atoms with Crippen LogP contribution >= 0.6 is 15.9 Å². The summed E-state index contributed by atoms with van der Waals surface area (Å²) in [6.45, 7) is -0.424. The maximum absolute atomic E-state index is 10.1. The van der Waals surface area contributed by atoms with Crippen molar-refractivity contribution in [2.24, 2.45) is 0 Å². The van der Waals surface area contributed by atoms with Crippen LogP contribution in [0.15, 0.2) is 0 Å². The van der Waals surface area contributed by atoms with E-state index in [1.807, 2.05) is 0 Å². The summed E-state index contributed by atoms with van der Waals surface area (Å²) in [5.74, 6) is -1.72. The number of hydrogen-bond donors (Lipinski definition) is 6. The molecule has 0 amide bonds. The number of hydrogen-bond acceptors (Lipinski definition) is 4. The molecule has 1 atom stereocenters. The number of aliphatic hydroxyl groups is 2. The molecule has 1 unspecified atom stereocenters. The van der Waals surface area contributed by atoms with Crippen LogP contribution < -0.4 is 59.1 Å². The molecule has 15 heavy (non-hydrogen) atoms. The molecule has 0 aliphatic heterocycles. The van der Waals surface area contributed by atoms with Gasteiger partial charge >= 0.3 is 75.0 Å². The number of aliphatic hydroxyl groups excluding tert-OH is 2. The van der Waals surface area contributed by atoms with E-state index in [-0.39, 0.29) is 68.4 Å². The molecule has 0 radical (unpaired) electrons. The van der Waals surface area contributed by atoms with Gasteiger partial charge in [0.05, 0.1) is 0 Å². The summed E-state index contributed by atoms with van der Waals surface area (Å²) in [7, 11) is -7.25. The van der Waals surface area contributed by atoms with E-state index in [1.165, 1.54) is 0 Å². The van der Waals surface area contributed by atoms with Crippen molar-refractivity contribution < 1.29 is 101 Å². The first-order valence-corrected chi connectivity index (χ1v) is 5.75. The first-order chi connectivity index (χ1) is 5.71. The van der Waals surface area contributed by atoms with Crippen molar-refractivity contribution in [2.45, 2.75) is 12.3 Å². The Kier molecular flexibility index (Phi) is 24.4. The van der Waals surface area contributed by atoms with Gasteiger partial charge in [0.15, 0.2) is 5.85 Å². The molecule has 0 rings (SSSR count). The molecule has 0 aliphatic carbocycles. The summed E-state index contributed by atoms with van der Waals surface area (Å²) in [5, 5.41) is 16.6. The molecule has 0 saturated heterocycles. The van der Waals surface area contributed by atoms with E-state index >= 15 is 0 Å². The van der Waals surface area contributed by atoms with Crippen molar-refractivity contribution in [2.75, 3.05) is 6.61 Å². The van der Waals surface area contributed by atoms with E-state index in [1.54, 1.807) is 0 Å². The fourth-order valence-electron chi connectivity index (χ4n) is 0.284. The van der Waals surface area contributed by atoms with Gasteiger partial charge in [0.2, 0.25) is 0 Å². The number of rotatable bonds is 3. The van der Waals surface area contributed by atoms with Gasteiger partial charge in [-0.3, -0.25) is 4.57 Å². The molecule has 84 valence electrons. The summed E-state index contributed by atoms with van der Waals surface area (Å²) in [6, 6.07) is 0. The van der Waals surface area contributed by atoms with Gasteiger partial charge in [-0.25, -0.2) is 0 Å². The van der Waals surface area contributed by atoms with Crippen LogP contribution in [0.3, 0.4) is 0 Å². The van der Waals surface area contributed by atoms with Crippen LogP contribution in [0.5, 0.6) is 0 Å². The standard InChI is InChI=1S/C3H9O5P.2Na.HO3P.2H/c4-2-1-3(5)9(6,7)8;;;1-4(2)3;;/h3-5H,1-2H2,(H2,6,7,8);;;(H-,1,2,3);;/q;2*+1;;2*-1/p+1. The smallest absolute Gasteiger partial charge is 1.00 e. The molecule has 0 saturated carbocycles. The molecule has 0 aromatic heterocycles. The molecular formula is C3H13Na2O8P2+. The van der Waals surface area contributed by atoms with Crippen molar-refractivity contribution in [3.8, 4) is 0 Å². The minimum Gasteiger partial charge on any atom is -1.00 e. The average molecular weight is 285 g/mol. The Morgan fingerprint density at radius 1 is 1.27 bits per heavy atom. The topological polar surface area (TPSA) is 156 Å². The second-order valence-electron chi connectivity index (χ2n) is 1.83. The van der Waals surface area contributed by atoms with E-state index in [0.29, 0.717) is 0 Å². The quantitative estimate of drug-likeness (QED) is 0.221. The fourth-order valence-corrected chi connectivity index (χ4v) is 0.735. The Hall–Kier alpha value is 2.09.